The first kappa shape index (κ1) is 12.2. The number of aromatic nitrogens is 2. The van der Waals surface area contributed by atoms with Crippen molar-refractivity contribution >= 4 is 0 Å². The number of fused-ring (bicyclic) bond motifs is 1. The molecule has 0 aliphatic heterocycles. The molecule has 19 heavy (non-hydrogen) atoms. The first-order valence-corrected chi connectivity index (χ1v) is 6.76. The lowest BCUT2D eigenvalue weighted by Gasteiger charge is -2.14. The highest BCUT2D eigenvalue weighted by Gasteiger charge is 2.23. The van der Waals surface area contributed by atoms with Gasteiger partial charge in [0.1, 0.15) is 5.75 Å². The molecule has 4 heteroatoms. The van der Waals surface area contributed by atoms with Crippen LogP contribution in [0.3, 0.4) is 0 Å². The maximum absolute atomic E-state index is 9.82. The van der Waals surface area contributed by atoms with Crippen molar-refractivity contribution in [3.63, 3.8) is 0 Å². The van der Waals surface area contributed by atoms with E-state index in [1.54, 1.807) is 6.07 Å². The van der Waals surface area contributed by atoms with Gasteiger partial charge in [0.15, 0.2) is 0 Å². The number of hydrogen-bond donors (Lipinski definition) is 2. The molecule has 0 fully saturated rings. The molecule has 0 bridgehead atoms. The number of aromatic hydroxyl groups is 1. The van der Waals surface area contributed by atoms with Crippen LogP contribution in [0, 0.1) is 0 Å². The van der Waals surface area contributed by atoms with Gasteiger partial charge in [-0.3, -0.25) is 4.68 Å². The fourth-order valence-electron chi connectivity index (χ4n) is 2.87. The van der Waals surface area contributed by atoms with Crippen LogP contribution in [0.25, 0.3) is 0 Å². The van der Waals surface area contributed by atoms with Crippen molar-refractivity contribution in [2.75, 3.05) is 6.54 Å². The topological polar surface area (TPSA) is 50.1 Å². The van der Waals surface area contributed by atoms with E-state index in [4.69, 9.17) is 0 Å². The zero-order valence-electron chi connectivity index (χ0n) is 11.1. The largest absolute Gasteiger partial charge is 0.508 e. The van der Waals surface area contributed by atoms with Gasteiger partial charge < -0.3 is 10.4 Å². The summed E-state index contributed by atoms with van der Waals surface area (Å²) in [6.45, 7) is 0.930. The average molecular weight is 257 g/mol. The Bertz CT molecular complexity index is 577. The van der Waals surface area contributed by atoms with Gasteiger partial charge in [-0.05, 0) is 36.1 Å². The first-order valence-electron chi connectivity index (χ1n) is 6.76. The van der Waals surface area contributed by atoms with E-state index in [1.807, 2.05) is 24.0 Å². The molecular weight excluding hydrogens is 238 g/mol. The Balaban J connectivity index is 1.61. The number of aryl methyl sites for hydroxylation is 1. The summed E-state index contributed by atoms with van der Waals surface area (Å²) < 4.78 is 1.91. The summed E-state index contributed by atoms with van der Waals surface area (Å²) in [5.74, 6) is 0.438. The molecule has 0 saturated carbocycles. The smallest absolute Gasteiger partial charge is 0.119 e. The van der Waals surface area contributed by atoms with Crippen molar-refractivity contribution in [2.24, 2.45) is 7.05 Å². The number of rotatable bonds is 4. The number of hydrogen-bond acceptors (Lipinski definition) is 3. The van der Waals surface area contributed by atoms with Gasteiger partial charge in [0.2, 0.25) is 0 Å². The molecule has 1 heterocycles. The summed E-state index contributed by atoms with van der Waals surface area (Å²) in [7, 11) is 1.97. The van der Waals surface area contributed by atoms with Gasteiger partial charge in [0.05, 0.1) is 0 Å². The Hall–Kier alpha value is -1.81. The molecule has 2 aromatic rings. The Kier molecular flexibility index (Phi) is 3.25. The van der Waals surface area contributed by atoms with Crippen LogP contribution in [-0.2, 0) is 19.9 Å². The number of nitrogens with zero attached hydrogens (tertiary/aromatic N) is 2. The number of benzene rings is 1. The quantitative estimate of drug-likeness (QED) is 0.880. The Morgan fingerprint density at radius 1 is 1.42 bits per heavy atom. The molecule has 0 spiro atoms. The van der Waals surface area contributed by atoms with Gasteiger partial charge in [0, 0.05) is 37.9 Å². The van der Waals surface area contributed by atoms with Crippen molar-refractivity contribution in [1.82, 2.24) is 15.1 Å². The first-order chi connectivity index (χ1) is 9.25. The molecule has 4 nitrogen and oxygen atoms in total. The van der Waals surface area contributed by atoms with Crippen molar-refractivity contribution in [1.29, 1.82) is 0 Å². The summed E-state index contributed by atoms with van der Waals surface area (Å²) in [6.07, 6.45) is 4.84. The van der Waals surface area contributed by atoms with Gasteiger partial charge in [0.25, 0.3) is 0 Å². The lowest BCUT2D eigenvalue weighted by Crippen LogP contribution is -2.22. The lowest BCUT2D eigenvalue weighted by molar-refractivity contribution is 0.469. The van der Waals surface area contributed by atoms with Crippen LogP contribution in [-0.4, -0.2) is 21.4 Å². The molecule has 0 radical (unpaired) electrons. The Morgan fingerprint density at radius 2 is 2.32 bits per heavy atom. The minimum Gasteiger partial charge on any atom is -0.508 e. The number of nitrogens with one attached hydrogen (secondary N) is 1. The third kappa shape index (κ3) is 2.36. The summed E-state index contributed by atoms with van der Waals surface area (Å²) in [6, 6.07) is 8.24. The van der Waals surface area contributed by atoms with Crippen molar-refractivity contribution < 1.29 is 5.11 Å². The molecule has 0 amide bonds. The van der Waals surface area contributed by atoms with Gasteiger partial charge in [-0.1, -0.05) is 12.1 Å². The zero-order valence-corrected chi connectivity index (χ0v) is 11.1. The van der Waals surface area contributed by atoms with Crippen LogP contribution >= 0.6 is 0 Å². The zero-order chi connectivity index (χ0) is 13.2. The monoisotopic (exact) mass is 257 g/mol. The highest BCUT2D eigenvalue weighted by atomic mass is 16.3. The second kappa shape index (κ2) is 5.05. The average Bonchev–Trinajstić information content (AvgIpc) is 2.98. The second-order valence-corrected chi connectivity index (χ2v) is 5.09. The lowest BCUT2D eigenvalue weighted by atomic mass is 10.1. The highest BCUT2D eigenvalue weighted by Crippen LogP contribution is 2.36. The minimum absolute atomic E-state index is 0.371. The Morgan fingerprint density at radius 3 is 3.11 bits per heavy atom. The van der Waals surface area contributed by atoms with E-state index in [-0.39, 0.29) is 0 Å². The molecular formula is C15H19N3O. The van der Waals surface area contributed by atoms with Gasteiger partial charge in [-0.25, -0.2) is 0 Å². The summed E-state index contributed by atoms with van der Waals surface area (Å²) >= 11 is 0. The molecule has 1 aliphatic rings. The number of phenolic OH excluding ortho intramolecular Hbond substituents is 1. The third-order valence-electron chi connectivity index (χ3n) is 3.94. The molecule has 1 aromatic heterocycles. The molecule has 2 N–H and O–H groups in total. The second-order valence-electron chi connectivity index (χ2n) is 5.09. The van der Waals surface area contributed by atoms with Crippen LogP contribution in [0.4, 0.5) is 0 Å². The maximum Gasteiger partial charge on any atom is 0.119 e. The molecule has 1 unspecified atom stereocenters. The molecule has 100 valence electrons. The fourth-order valence-corrected chi connectivity index (χ4v) is 2.87. The third-order valence-corrected chi connectivity index (χ3v) is 3.94. The van der Waals surface area contributed by atoms with Crippen molar-refractivity contribution in [2.45, 2.75) is 25.3 Å². The Labute approximate surface area is 113 Å². The SMILES string of the molecule is Cn1nccc1CCNC1CCc2c(O)cccc21. The van der Waals surface area contributed by atoms with E-state index in [0.29, 0.717) is 11.8 Å². The molecule has 1 aromatic carbocycles. The summed E-state index contributed by atoms with van der Waals surface area (Å²) in [4.78, 5) is 0. The van der Waals surface area contributed by atoms with E-state index in [0.717, 1.165) is 31.4 Å². The fraction of sp³-hybridized carbons (Fsp3) is 0.400. The van der Waals surface area contributed by atoms with E-state index in [1.165, 1.54) is 11.3 Å². The van der Waals surface area contributed by atoms with Gasteiger partial charge in [-0.15, -0.1) is 0 Å². The standard InChI is InChI=1S/C15H19N3O/c1-18-11(8-10-17-18)7-9-16-14-6-5-13-12(14)3-2-4-15(13)19/h2-4,8,10,14,16,19H,5-7,9H2,1H3. The van der Waals surface area contributed by atoms with E-state index in [2.05, 4.69) is 22.5 Å². The predicted octanol–water partition coefficient (Wildman–Crippen LogP) is 1.95. The van der Waals surface area contributed by atoms with Crippen LogP contribution in [0.15, 0.2) is 30.5 Å². The predicted molar refractivity (Wildman–Crippen MR) is 74.1 cm³/mol. The summed E-state index contributed by atoms with van der Waals surface area (Å²) in [5.41, 5.74) is 3.60. The van der Waals surface area contributed by atoms with Crippen LogP contribution < -0.4 is 5.32 Å². The minimum atomic E-state index is 0.371. The highest BCUT2D eigenvalue weighted by molar-refractivity contribution is 5.44. The molecule has 0 saturated heterocycles. The van der Waals surface area contributed by atoms with Crippen molar-refractivity contribution in [3.8, 4) is 5.75 Å². The van der Waals surface area contributed by atoms with Gasteiger partial charge in [-0.2, -0.15) is 5.10 Å². The van der Waals surface area contributed by atoms with Crippen LogP contribution in [0.1, 0.15) is 29.3 Å². The summed E-state index contributed by atoms with van der Waals surface area (Å²) in [5, 5.41) is 17.6. The van der Waals surface area contributed by atoms with E-state index in [9.17, 15) is 5.11 Å². The molecule has 1 aliphatic carbocycles. The molecule has 3 rings (SSSR count). The van der Waals surface area contributed by atoms with Crippen molar-refractivity contribution in [3.05, 3.63) is 47.3 Å². The van der Waals surface area contributed by atoms with Gasteiger partial charge >= 0.3 is 0 Å². The van der Waals surface area contributed by atoms with E-state index >= 15 is 0 Å². The van der Waals surface area contributed by atoms with E-state index < -0.39 is 0 Å². The van der Waals surface area contributed by atoms with Crippen LogP contribution in [0.5, 0.6) is 5.75 Å². The molecule has 1 atom stereocenters. The maximum atomic E-state index is 9.82. The number of phenols is 1. The van der Waals surface area contributed by atoms with Crippen LogP contribution in [0.2, 0.25) is 0 Å². The normalized spacial score (nSPS) is 17.6.